The van der Waals surface area contributed by atoms with Crippen molar-refractivity contribution < 1.29 is 13.2 Å². The summed E-state index contributed by atoms with van der Waals surface area (Å²) in [5.74, 6) is -0.489. The van der Waals surface area contributed by atoms with Crippen molar-refractivity contribution in [1.82, 2.24) is 9.62 Å². The minimum atomic E-state index is -3.52. The topological polar surface area (TPSA) is 92.5 Å². The van der Waals surface area contributed by atoms with Gasteiger partial charge in [0.25, 0.3) is 0 Å². The van der Waals surface area contributed by atoms with Crippen LogP contribution in [0.5, 0.6) is 0 Å². The van der Waals surface area contributed by atoms with Crippen LogP contribution < -0.4 is 11.1 Å². The predicted molar refractivity (Wildman–Crippen MR) is 77.4 cm³/mol. The van der Waals surface area contributed by atoms with Gasteiger partial charge in [-0.3, -0.25) is 4.79 Å². The lowest BCUT2D eigenvalue weighted by Crippen LogP contribution is -2.33. The largest absolute Gasteiger partial charge is 0.352 e. The molecule has 0 fully saturated rings. The highest BCUT2D eigenvalue weighted by molar-refractivity contribution is 7.89. The number of carbonyl (C=O) groups is 1. The molecule has 0 aliphatic rings. The van der Waals surface area contributed by atoms with Gasteiger partial charge in [-0.15, -0.1) is 0 Å². The van der Waals surface area contributed by atoms with Crippen molar-refractivity contribution in [2.75, 3.05) is 20.6 Å². The molecule has 1 aromatic rings. The summed E-state index contributed by atoms with van der Waals surface area (Å²) in [5, 5.41) is 2.70. The van der Waals surface area contributed by atoms with Crippen molar-refractivity contribution in [3.8, 4) is 0 Å². The molecule has 0 aliphatic carbocycles. The number of hydrogen-bond donors (Lipinski definition) is 2. The minimum Gasteiger partial charge on any atom is -0.352 e. The number of carbonyl (C=O) groups excluding carboxylic acids is 1. The van der Waals surface area contributed by atoms with Gasteiger partial charge in [-0.1, -0.05) is 25.1 Å². The molecule has 0 heterocycles. The second-order valence-electron chi connectivity index (χ2n) is 4.75. The Bertz CT molecular complexity index is 570. The highest BCUT2D eigenvalue weighted by Gasteiger charge is 2.21. The Morgan fingerprint density at radius 2 is 1.95 bits per heavy atom. The Labute approximate surface area is 120 Å². The number of nitrogens with one attached hydrogen (secondary N) is 1. The van der Waals surface area contributed by atoms with E-state index >= 15 is 0 Å². The third-order valence-corrected chi connectivity index (χ3v) is 4.90. The van der Waals surface area contributed by atoms with Crippen molar-refractivity contribution in [3.63, 3.8) is 0 Å². The number of nitrogens with two attached hydrogens (primary N) is 1. The van der Waals surface area contributed by atoms with Crippen LogP contribution in [0, 0.1) is 5.92 Å². The van der Waals surface area contributed by atoms with E-state index in [4.69, 9.17) is 5.73 Å². The number of rotatable bonds is 6. The number of nitrogens with zero attached hydrogens (tertiary/aromatic N) is 1. The van der Waals surface area contributed by atoms with E-state index < -0.39 is 10.0 Å². The average molecular weight is 299 g/mol. The van der Waals surface area contributed by atoms with Gasteiger partial charge in [-0.2, -0.15) is 0 Å². The summed E-state index contributed by atoms with van der Waals surface area (Å²) in [7, 11) is -0.577. The standard InChI is InChI=1S/C13H21N3O3S/c1-10(8-14)13(17)15-9-11-6-4-5-7-12(11)20(18,19)16(2)3/h4-7,10H,8-9,14H2,1-3H3,(H,15,17). The Morgan fingerprint density at radius 3 is 2.50 bits per heavy atom. The lowest BCUT2D eigenvalue weighted by atomic mass is 10.1. The maximum atomic E-state index is 12.2. The normalized spacial score (nSPS) is 13.2. The zero-order chi connectivity index (χ0) is 15.3. The number of benzene rings is 1. The van der Waals surface area contributed by atoms with Crippen LogP contribution >= 0.6 is 0 Å². The van der Waals surface area contributed by atoms with E-state index in [1.807, 2.05) is 0 Å². The second-order valence-corrected chi connectivity index (χ2v) is 6.87. The van der Waals surface area contributed by atoms with Crippen LogP contribution in [0.15, 0.2) is 29.2 Å². The monoisotopic (exact) mass is 299 g/mol. The Morgan fingerprint density at radius 1 is 1.35 bits per heavy atom. The molecule has 1 aromatic carbocycles. The van der Waals surface area contributed by atoms with Gasteiger partial charge in [0, 0.05) is 33.1 Å². The molecule has 3 N–H and O–H groups in total. The summed E-state index contributed by atoms with van der Waals surface area (Å²) in [5.41, 5.74) is 5.97. The fourth-order valence-electron chi connectivity index (χ4n) is 1.56. The van der Waals surface area contributed by atoms with Gasteiger partial charge in [0.1, 0.15) is 0 Å². The van der Waals surface area contributed by atoms with Crippen LogP contribution in [-0.4, -0.2) is 39.3 Å². The highest BCUT2D eigenvalue weighted by Crippen LogP contribution is 2.18. The molecule has 1 unspecified atom stereocenters. The van der Waals surface area contributed by atoms with Crippen LogP contribution in [0.25, 0.3) is 0 Å². The maximum absolute atomic E-state index is 12.2. The molecular weight excluding hydrogens is 278 g/mol. The van der Waals surface area contributed by atoms with Crippen LogP contribution in [0.4, 0.5) is 0 Å². The molecule has 0 aliphatic heterocycles. The fourth-order valence-corrected chi connectivity index (χ4v) is 2.68. The number of hydrogen-bond acceptors (Lipinski definition) is 4. The van der Waals surface area contributed by atoms with Crippen molar-refractivity contribution in [1.29, 1.82) is 0 Å². The molecule has 0 radical (unpaired) electrons. The molecule has 20 heavy (non-hydrogen) atoms. The number of sulfonamides is 1. The quantitative estimate of drug-likeness (QED) is 0.782. The Hall–Kier alpha value is -1.44. The summed E-state index contributed by atoms with van der Waals surface area (Å²) < 4.78 is 25.5. The van der Waals surface area contributed by atoms with E-state index in [1.54, 1.807) is 25.1 Å². The fraction of sp³-hybridized carbons (Fsp3) is 0.462. The molecule has 0 aromatic heterocycles. The van der Waals surface area contributed by atoms with Gasteiger partial charge in [0.15, 0.2) is 0 Å². The molecule has 1 amide bonds. The molecule has 7 heteroatoms. The second kappa shape index (κ2) is 6.83. The summed E-state index contributed by atoms with van der Waals surface area (Å²) in [6, 6.07) is 6.61. The van der Waals surface area contributed by atoms with E-state index in [0.717, 1.165) is 4.31 Å². The van der Waals surface area contributed by atoms with Crippen molar-refractivity contribution in [2.45, 2.75) is 18.4 Å². The number of amides is 1. The molecule has 112 valence electrons. The average Bonchev–Trinajstić information content (AvgIpc) is 2.43. The summed E-state index contributed by atoms with van der Waals surface area (Å²) >= 11 is 0. The summed E-state index contributed by atoms with van der Waals surface area (Å²) in [6.45, 7) is 2.13. The van der Waals surface area contributed by atoms with Gasteiger partial charge in [0.2, 0.25) is 15.9 Å². The van der Waals surface area contributed by atoms with Gasteiger partial charge in [-0.05, 0) is 11.6 Å². The first-order valence-corrected chi connectivity index (χ1v) is 7.73. The molecule has 0 bridgehead atoms. The van der Waals surface area contributed by atoms with E-state index in [9.17, 15) is 13.2 Å². The smallest absolute Gasteiger partial charge is 0.242 e. The van der Waals surface area contributed by atoms with Crippen molar-refractivity contribution in [3.05, 3.63) is 29.8 Å². The zero-order valence-corrected chi connectivity index (χ0v) is 12.8. The first-order valence-electron chi connectivity index (χ1n) is 6.29. The van der Waals surface area contributed by atoms with Crippen LogP contribution in [0.1, 0.15) is 12.5 Å². The highest BCUT2D eigenvalue weighted by atomic mass is 32.2. The van der Waals surface area contributed by atoms with Crippen molar-refractivity contribution >= 4 is 15.9 Å². The first-order chi connectivity index (χ1) is 9.30. The lowest BCUT2D eigenvalue weighted by molar-refractivity contribution is -0.124. The molecule has 0 saturated carbocycles. The zero-order valence-electron chi connectivity index (χ0n) is 12.0. The molecule has 6 nitrogen and oxygen atoms in total. The third-order valence-electron chi connectivity index (χ3n) is 2.99. The SMILES string of the molecule is CC(CN)C(=O)NCc1ccccc1S(=O)(=O)N(C)C. The molecule has 0 saturated heterocycles. The van der Waals surface area contributed by atoms with Gasteiger partial charge >= 0.3 is 0 Å². The Kier molecular flexibility index (Phi) is 5.67. The van der Waals surface area contributed by atoms with Crippen molar-refractivity contribution in [2.24, 2.45) is 11.7 Å². The molecule has 1 atom stereocenters. The van der Waals surface area contributed by atoms with Gasteiger partial charge < -0.3 is 11.1 Å². The van der Waals surface area contributed by atoms with E-state index in [1.165, 1.54) is 20.2 Å². The molecule has 0 spiro atoms. The molecule has 1 rings (SSSR count). The summed E-state index contributed by atoms with van der Waals surface area (Å²) in [6.07, 6.45) is 0. The first kappa shape index (κ1) is 16.6. The maximum Gasteiger partial charge on any atom is 0.242 e. The van der Waals surface area contributed by atoms with Crippen LogP contribution in [0.3, 0.4) is 0 Å². The van der Waals surface area contributed by atoms with E-state index in [2.05, 4.69) is 5.32 Å². The summed E-state index contributed by atoms with van der Waals surface area (Å²) in [4.78, 5) is 11.9. The lowest BCUT2D eigenvalue weighted by Gasteiger charge is -2.16. The minimum absolute atomic E-state index is 0.159. The van der Waals surface area contributed by atoms with Gasteiger partial charge in [-0.25, -0.2) is 12.7 Å². The van der Waals surface area contributed by atoms with Crippen LogP contribution in [0.2, 0.25) is 0 Å². The van der Waals surface area contributed by atoms with E-state index in [0.29, 0.717) is 5.56 Å². The predicted octanol–water partition coefficient (Wildman–Crippen LogP) is 0.148. The van der Waals surface area contributed by atoms with Crippen LogP contribution in [-0.2, 0) is 21.4 Å². The van der Waals surface area contributed by atoms with Gasteiger partial charge in [0.05, 0.1) is 4.90 Å². The third kappa shape index (κ3) is 3.78. The Balaban J connectivity index is 2.96. The van der Waals surface area contributed by atoms with E-state index in [-0.39, 0.29) is 29.8 Å². The molecular formula is C13H21N3O3S.